The van der Waals surface area contributed by atoms with Crippen LogP contribution in [0.15, 0.2) is 0 Å². The van der Waals surface area contributed by atoms with E-state index in [9.17, 15) is 4.79 Å². The molecule has 1 unspecified atom stereocenters. The van der Waals surface area contributed by atoms with E-state index in [1.54, 1.807) is 0 Å². The standard InChI is InChI=1S/C12H21NO/c1-10(11-5-3-2-4-6-11)13-8-7-12(14)9-13/h10-11H,2-9H2,1H3. The first-order chi connectivity index (χ1) is 6.77. The third-order valence-corrected chi connectivity index (χ3v) is 3.97. The van der Waals surface area contributed by atoms with Crippen LogP contribution in [0, 0.1) is 5.92 Å². The number of carbonyl (C=O) groups excluding carboxylic acids is 1. The Morgan fingerprint density at radius 2 is 2.00 bits per heavy atom. The van der Waals surface area contributed by atoms with Crippen LogP contribution in [-0.4, -0.2) is 29.8 Å². The van der Waals surface area contributed by atoms with E-state index in [-0.39, 0.29) is 0 Å². The van der Waals surface area contributed by atoms with Crippen LogP contribution < -0.4 is 0 Å². The number of ketones is 1. The van der Waals surface area contributed by atoms with Crippen molar-refractivity contribution >= 4 is 5.78 Å². The van der Waals surface area contributed by atoms with Crippen molar-refractivity contribution in [1.29, 1.82) is 0 Å². The Kier molecular flexibility index (Phi) is 3.22. The lowest BCUT2D eigenvalue weighted by atomic mass is 9.84. The first-order valence-corrected chi connectivity index (χ1v) is 6.03. The molecule has 1 aliphatic heterocycles. The highest BCUT2D eigenvalue weighted by atomic mass is 16.1. The van der Waals surface area contributed by atoms with Crippen LogP contribution in [0.3, 0.4) is 0 Å². The number of carbonyl (C=O) groups is 1. The summed E-state index contributed by atoms with van der Waals surface area (Å²) in [6.45, 7) is 4.04. The lowest BCUT2D eigenvalue weighted by Gasteiger charge is -2.33. The fourth-order valence-electron chi connectivity index (χ4n) is 2.92. The molecule has 2 nitrogen and oxygen atoms in total. The topological polar surface area (TPSA) is 20.3 Å². The molecule has 1 heterocycles. The molecule has 80 valence electrons. The molecule has 0 aromatic carbocycles. The molecule has 1 saturated carbocycles. The minimum atomic E-state index is 0.438. The second kappa shape index (κ2) is 4.43. The van der Waals surface area contributed by atoms with E-state index in [2.05, 4.69) is 11.8 Å². The molecule has 0 aromatic heterocycles. The van der Waals surface area contributed by atoms with Gasteiger partial charge in [0.05, 0.1) is 6.54 Å². The van der Waals surface area contributed by atoms with E-state index in [4.69, 9.17) is 0 Å². The molecule has 1 saturated heterocycles. The van der Waals surface area contributed by atoms with Crippen LogP contribution in [0.4, 0.5) is 0 Å². The summed E-state index contributed by atoms with van der Waals surface area (Å²) in [4.78, 5) is 13.6. The van der Waals surface area contributed by atoms with Gasteiger partial charge < -0.3 is 0 Å². The third kappa shape index (κ3) is 2.17. The Morgan fingerprint density at radius 3 is 2.57 bits per heavy atom. The lowest BCUT2D eigenvalue weighted by molar-refractivity contribution is -0.117. The zero-order valence-electron chi connectivity index (χ0n) is 9.17. The molecule has 2 heteroatoms. The minimum Gasteiger partial charge on any atom is -0.298 e. The number of rotatable bonds is 2. The molecule has 14 heavy (non-hydrogen) atoms. The van der Waals surface area contributed by atoms with Gasteiger partial charge in [-0.3, -0.25) is 9.69 Å². The molecule has 1 atom stereocenters. The predicted molar refractivity (Wildman–Crippen MR) is 57.2 cm³/mol. The second-order valence-corrected chi connectivity index (χ2v) is 4.90. The van der Waals surface area contributed by atoms with Crippen LogP contribution >= 0.6 is 0 Å². The fourth-order valence-corrected chi connectivity index (χ4v) is 2.92. The second-order valence-electron chi connectivity index (χ2n) is 4.90. The van der Waals surface area contributed by atoms with Crippen molar-refractivity contribution in [3.63, 3.8) is 0 Å². The maximum atomic E-state index is 11.2. The van der Waals surface area contributed by atoms with Crippen molar-refractivity contribution < 1.29 is 4.79 Å². The van der Waals surface area contributed by atoms with Crippen LogP contribution in [0.25, 0.3) is 0 Å². The maximum absolute atomic E-state index is 11.2. The zero-order valence-corrected chi connectivity index (χ0v) is 9.17. The SMILES string of the molecule is CC(C1CCCCC1)N1CCC(=O)C1. The van der Waals surface area contributed by atoms with Gasteiger partial charge in [-0.25, -0.2) is 0 Å². The van der Waals surface area contributed by atoms with Gasteiger partial charge in [0.25, 0.3) is 0 Å². The van der Waals surface area contributed by atoms with Gasteiger partial charge in [-0.2, -0.15) is 0 Å². The quantitative estimate of drug-likeness (QED) is 0.673. The normalized spacial score (nSPS) is 28.2. The Hall–Kier alpha value is -0.370. The van der Waals surface area contributed by atoms with Gasteiger partial charge >= 0.3 is 0 Å². The van der Waals surface area contributed by atoms with Gasteiger partial charge in [0, 0.05) is 19.0 Å². The van der Waals surface area contributed by atoms with Gasteiger partial charge in [0.15, 0.2) is 0 Å². The van der Waals surface area contributed by atoms with Gasteiger partial charge in [-0.1, -0.05) is 19.3 Å². The predicted octanol–water partition coefficient (Wildman–Crippen LogP) is 2.23. The molecule has 2 rings (SSSR count). The summed E-state index contributed by atoms with van der Waals surface area (Å²) < 4.78 is 0. The summed E-state index contributed by atoms with van der Waals surface area (Å²) in [7, 11) is 0. The molecular formula is C12H21NO. The Bertz CT molecular complexity index is 208. The highest BCUT2D eigenvalue weighted by Crippen LogP contribution is 2.29. The summed E-state index contributed by atoms with van der Waals surface area (Å²) in [6, 6.07) is 0.641. The van der Waals surface area contributed by atoms with Gasteiger partial charge in [0.2, 0.25) is 0 Å². The lowest BCUT2D eigenvalue weighted by Crippen LogP contribution is -2.37. The number of hydrogen-bond donors (Lipinski definition) is 0. The van der Waals surface area contributed by atoms with E-state index in [0.29, 0.717) is 11.8 Å². The largest absolute Gasteiger partial charge is 0.298 e. The zero-order chi connectivity index (χ0) is 9.97. The Labute approximate surface area is 86.7 Å². The molecule has 2 fully saturated rings. The summed E-state index contributed by atoms with van der Waals surface area (Å²) in [5, 5.41) is 0. The first-order valence-electron chi connectivity index (χ1n) is 6.03. The minimum absolute atomic E-state index is 0.438. The maximum Gasteiger partial charge on any atom is 0.148 e. The molecule has 0 amide bonds. The molecule has 0 N–H and O–H groups in total. The molecule has 0 spiro atoms. The van der Waals surface area contributed by atoms with Gasteiger partial charge in [-0.15, -0.1) is 0 Å². The van der Waals surface area contributed by atoms with Gasteiger partial charge in [0.1, 0.15) is 5.78 Å². The molecular weight excluding hydrogens is 174 g/mol. The molecule has 1 aliphatic carbocycles. The van der Waals surface area contributed by atoms with E-state index in [1.807, 2.05) is 0 Å². The van der Waals surface area contributed by atoms with Crippen molar-refractivity contribution in [2.75, 3.05) is 13.1 Å². The number of likely N-dealkylation sites (tertiary alicyclic amines) is 1. The van der Waals surface area contributed by atoms with Crippen LogP contribution in [0.1, 0.15) is 45.4 Å². The Balaban J connectivity index is 1.86. The first kappa shape index (κ1) is 10.2. The highest BCUT2D eigenvalue weighted by Gasteiger charge is 2.29. The summed E-state index contributed by atoms with van der Waals surface area (Å²) >= 11 is 0. The highest BCUT2D eigenvalue weighted by molar-refractivity contribution is 5.82. The molecule has 0 bridgehead atoms. The monoisotopic (exact) mass is 195 g/mol. The van der Waals surface area contributed by atoms with E-state index >= 15 is 0 Å². The summed E-state index contributed by atoms with van der Waals surface area (Å²) in [5.41, 5.74) is 0. The number of nitrogens with zero attached hydrogens (tertiary/aromatic N) is 1. The van der Waals surface area contributed by atoms with E-state index in [0.717, 1.165) is 25.4 Å². The van der Waals surface area contributed by atoms with Crippen molar-refractivity contribution in [2.45, 2.75) is 51.5 Å². The van der Waals surface area contributed by atoms with Crippen molar-refractivity contribution in [2.24, 2.45) is 5.92 Å². The van der Waals surface area contributed by atoms with Crippen LogP contribution in [0.5, 0.6) is 0 Å². The van der Waals surface area contributed by atoms with Crippen molar-refractivity contribution in [1.82, 2.24) is 4.90 Å². The van der Waals surface area contributed by atoms with Gasteiger partial charge in [-0.05, 0) is 25.7 Å². The fraction of sp³-hybridized carbons (Fsp3) is 0.917. The third-order valence-electron chi connectivity index (χ3n) is 3.97. The molecule has 0 aromatic rings. The molecule has 0 radical (unpaired) electrons. The number of hydrogen-bond acceptors (Lipinski definition) is 2. The number of Topliss-reactive ketones (excluding diaryl/α,β-unsaturated/α-hetero) is 1. The van der Waals surface area contributed by atoms with E-state index < -0.39 is 0 Å². The average molecular weight is 195 g/mol. The van der Waals surface area contributed by atoms with Crippen LogP contribution in [-0.2, 0) is 4.79 Å². The van der Waals surface area contributed by atoms with Crippen molar-refractivity contribution in [3.8, 4) is 0 Å². The van der Waals surface area contributed by atoms with Crippen LogP contribution in [0.2, 0.25) is 0 Å². The average Bonchev–Trinajstić information content (AvgIpc) is 2.65. The Morgan fingerprint density at radius 1 is 1.29 bits per heavy atom. The summed E-state index contributed by atoms with van der Waals surface area (Å²) in [5.74, 6) is 1.29. The van der Waals surface area contributed by atoms with Crippen molar-refractivity contribution in [3.05, 3.63) is 0 Å². The smallest absolute Gasteiger partial charge is 0.148 e. The summed E-state index contributed by atoms with van der Waals surface area (Å²) in [6.07, 6.45) is 7.77. The molecule has 2 aliphatic rings. The van der Waals surface area contributed by atoms with E-state index in [1.165, 1.54) is 32.1 Å².